The van der Waals surface area contributed by atoms with Crippen molar-refractivity contribution in [3.63, 3.8) is 0 Å². The maximum absolute atomic E-state index is 13.1. The Morgan fingerprint density at radius 2 is 1.64 bits per heavy atom. The number of aryl methyl sites for hydroxylation is 1. The van der Waals surface area contributed by atoms with Crippen LogP contribution < -0.4 is 10.6 Å². The summed E-state index contributed by atoms with van der Waals surface area (Å²) in [5.74, 6) is 0.542. The lowest BCUT2D eigenvalue weighted by Crippen LogP contribution is -2.41. The molecule has 0 radical (unpaired) electrons. The third kappa shape index (κ3) is 6.23. The van der Waals surface area contributed by atoms with Gasteiger partial charge in [0.2, 0.25) is 0 Å². The molecule has 0 saturated heterocycles. The van der Waals surface area contributed by atoms with E-state index in [-0.39, 0.29) is 23.6 Å². The smallest absolute Gasteiger partial charge is 0.268 e. The summed E-state index contributed by atoms with van der Waals surface area (Å²) in [5, 5.41) is 5.87. The number of carbonyl (C=O) groups is 2. The number of hydrogen-bond acceptors (Lipinski definition) is 3. The van der Waals surface area contributed by atoms with Gasteiger partial charge in [-0.15, -0.1) is 0 Å². The Hall–Kier alpha value is -3.12. The topological polar surface area (TPSA) is 71.3 Å². The largest absolute Gasteiger partial charge is 0.457 e. The van der Waals surface area contributed by atoms with E-state index in [1.807, 2.05) is 49.4 Å². The molecular weight excluding hydrogens is 480 g/mol. The van der Waals surface area contributed by atoms with E-state index in [0.717, 1.165) is 41.3 Å². The van der Waals surface area contributed by atoms with Gasteiger partial charge in [0.05, 0.1) is 0 Å². The number of rotatable bonds is 6. The Bertz CT molecular complexity index is 1140. The van der Waals surface area contributed by atoms with Crippen molar-refractivity contribution >= 4 is 33.8 Å². The van der Waals surface area contributed by atoms with Crippen molar-refractivity contribution in [3.8, 4) is 11.3 Å². The summed E-state index contributed by atoms with van der Waals surface area (Å²) in [5.41, 5.74) is 2.65. The Balaban J connectivity index is 1.57. The van der Waals surface area contributed by atoms with E-state index >= 15 is 0 Å². The van der Waals surface area contributed by atoms with Gasteiger partial charge in [-0.1, -0.05) is 65.0 Å². The monoisotopic (exact) mass is 506 g/mol. The van der Waals surface area contributed by atoms with Crippen molar-refractivity contribution in [2.45, 2.75) is 45.1 Å². The minimum absolute atomic E-state index is 0.126. The van der Waals surface area contributed by atoms with Crippen molar-refractivity contribution in [2.24, 2.45) is 0 Å². The molecule has 2 N–H and O–H groups in total. The minimum atomic E-state index is -0.334. The van der Waals surface area contributed by atoms with Crippen molar-refractivity contribution in [2.75, 3.05) is 0 Å². The van der Waals surface area contributed by atoms with E-state index in [4.69, 9.17) is 4.42 Å². The van der Waals surface area contributed by atoms with Gasteiger partial charge in [0, 0.05) is 27.7 Å². The van der Waals surface area contributed by atoms with Crippen molar-refractivity contribution in [1.29, 1.82) is 0 Å². The summed E-state index contributed by atoms with van der Waals surface area (Å²) in [6.45, 7) is 1.96. The van der Waals surface area contributed by atoms with Crippen LogP contribution >= 0.6 is 15.9 Å². The molecule has 0 bridgehead atoms. The first-order chi connectivity index (χ1) is 16.0. The van der Waals surface area contributed by atoms with Crippen molar-refractivity contribution in [1.82, 2.24) is 10.6 Å². The fourth-order valence-corrected chi connectivity index (χ4v) is 4.17. The first-order valence-electron chi connectivity index (χ1n) is 11.2. The Morgan fingerprint density at radius 1 is 0.939 bits per heavy atom. The highest BCUT2D eigenvalue weighted by molar-refractivity contribution is 9.10. The summed E-state index contributed by atoms with van der Waals surface area (Å²) in [6, 6.07) is 18.8. The van der Waals surface area contributed by atoms with Crippen LogP contribution in [0, 0.1) is 6.92 Å². The van der Waals surface area contributed by atoms with E-state index in [1.54, 1.807) is 24.3 Å². The molecule has 170 valence electrons. The lowest BCUT2D eigenvalue weighted by atomic mass is 9.95. The fraction of sp³-hybridized carbons (Fsp3) is 0.259. The number of halogens is 1. The Kier molecular flexibility index (Phi) is 7.45. The summed E-state index contributed by atoms with van der Waals surface area (Å²) in [4.78, 5) is 26.0. The summed E-state index contributed by atoms with van der Waals surface area (Å²) >= 11 is 3.43. The van der Waals surface area contributed by atoms with Crippen LogP contribution in [0.1, 0.15) is 53.8 Å². The number of nitrogens with one attached hydrogen (secondary N) is 2. The van der Waals surface area contributed by atoms with Gasteiger partial charge in [-0.3, -0.25) is 9.59 Å². The molecule has 0 unspecified atom stereocenters. The first-order valence-corrected chi connectivity index (χ1v) is 12.0. The molecule has 0 aliphatic heterocycles. The molecule has 1 fully saturated rings. The van der Waals surface area contributed by atoms with Gasteiger partial charge < -0.3 is 15.1 Å². The molecule has 5 nitrogen and oxygen atoms in total. The minimum Gasteiger partial charge on any atom is -0.457 e. The van der Waals surface area contributed by atoms with Crippen LogP contribution in [-0.4, -0.2) is 17.9 Å². The van der Waals surface area contributed by atoms with Crippen LogP contribution in [0.2, 0.25) is 0 Å². The second-order valence-corrected chi connectivity index (χ2v) is 9.31. The van der Waals surface area contributed by atoms with E-state index < -0.39 is 0 Å². The standard InChI is InChI=1S/C27H27BrN2O3/c1-18-7-9-20(10-8-18)26(31)30-24(27(32)29-22-5-3-2-4-6-22)17-23-15-16-25(33-23)19-11-13-21(28)14-12-19/h7-17,22H,2-6H2,1H3,(H,29,32)(H,30,31)/b24-17+. The number of amides is 2. The molecular formula is C27H27BrN2O3. The van der Waals surface area contributed by atoms with Crippen LogP contribution in [0.5, 0.6) is 0 Å². The van der Waals surface area contributed by atoms with Gasteiger partial charge in [-0.05, 0) is 56.2 Å². The second kappa shape index (κ2) is 10.7. The zero-order chi connectivity index (χ0) is 23.2. The lowest BCUT2D eigenvalue weighted by molar-refractivity contribution is -0.118. The van der Waals surface area contributed by atoms with Crippen LogP contribution in [0.4, 0.5) is 0 Å². The van der Waals surface area contributed by atoms with E-state index in [9.17, 15) is 9.59 Å². The lowest BCUT2D eigenvalue weighted by Gasteiger charge is -2.23. The van der Waals surface area contributed by atoms with Crippen molar-refractivity contribution < 1.29 is 14.0 Å². The van der Waals surface area contributed by atoms with Gasteiger partial charge in [0.15, 0.2) is 0 Å². The van der Waals surface area contributed by atoms with Crippen molar-refractivity contribution in [3.05, 3.63) is 87.7 Å². The second-order valence-electron chi connectivity index (χ2n) is 8.40. The third-order valence-electron chi connectivity index (χ3n) is 5.79. The predicted molar refractivity (Wildman–Crippen MR) is 133 cm³/mol. The van der Waals surface area contributed by atoms with E-state index in [0.29, 0.717) is 17.1 Å². The average molecular weight is 507 g/mol. The molecule has 6 heteroatoms. The summed E-state index contributed by atoms with van der Waals surface area (Å²) in [6.07, 6.45) is 6.92. The van der Waals surface area contributed by atoms with Gasteiger partial charge >= 0.3 is 0 Å². The van der Waals surface area contributed by atoms with Crippen LogP contribution in [0.25, 0.3) is 17.4 Å². The van der Waals surface area contributed by atoms with Gasteiger partial charge in [0.25, 0.3) is 11.8 Å². The van der Waals surface area contributed by atoms with E-state index in [1.165, 1.54) is 6.42 Å². The average Bonchev–Trinajstić information content (AvgIpc) is 3.28. The highest BCUT2D eigenvalue weighted by Crippen LogP contribution is 2.25. The molecule has 4 rings (SSSR count). The summed E-state index contributed by atoms with van der Waals surface area (Å²) in [7, 11) is 0. The van der Waals surface area contributed by atoms with Gasteiger partial charge in [-0.25, -0.2) is 0 Å². The van der Waals surface area contributed by atoms with Crippen LogP contribution in [0.15, 0.2) is 75.3 Å². The molecule has 2 aromatic carbocycles. The maximum Gasteiger partial charge on any atom is 0.268 e. The normalized spacial score (nSPS) is 14.7. The summed E-state index contributed by atoms with van der Waals surface area (Å²) < 4.78 is 6.94. The molecule has 2 amide bonds. The highest BCUT2D eigenvalue weighted by atomic mass is 79.9. The zero-order valence-corrected chi connectivity index (χ0v) is 20.2. The Labute approximate surface area is 202 Å². The predicted octanol–water partition coefficient (Wildman–Crippen LogP) is 6.24. The molecule has 1 aliphatic rings. The molecule has 33 heavy (non-hydrogen) atoms. The molecule has 3 aromatic rings. The molecule has 1 aliphatic carbocycles. The molecule has 1 heterocycles. The van der Waals surface area contributed by atoms with Gasteiger partial charge in [0.1, 0.15) is 17.2 Å². The van der Waals surface area contributed by atoms with Crippen LogP contribution in [-0.2, 0) is 4.79 Å². The molecule has 0 spiro atoms. The Morgan fingerprint density at radius 3 is 2.33 bits per heavy atom. The third-order valence-corrected chi connectivity index (χ3v) is 6.32. The number of hydrogen-bond donors (Lipinski definition) is 2. The zero-order valence-electron chi connectivity index (χ0n) is 18.6. The molecule has 1 aromatic heterocycles. The van der Waals surface area contributed by atoms with Gasteiger partial charge in [-0.2, -0.15) is 0 Å². The first kappa shape index (κ1) is 23.1. The fourth-order valence-electron chi connectivity index (χ4n) is 3.91. The molecule has 1 saturated carbocycles. The SMILES string of the molecule is Cc1ccc(C(=O)N/C(=C/c2ccc(-c3ccc(Br)cc3)o2)C(=O)NC2CCCCC2)cc1. The quantitative estimate of drug-likeness (QED) is 0.388. The highest BCUT2D eigenvalue weighted by Gasteiger charge is 2.20. The van der Waals surface area contributed by atoms with Crippen LogP contribution in [0.3, 0.4) is 0 Å². The molecule has 0 atom stereocenters. The van der Waals surface area contributed by atoms with E-state index in [2.05, 4.69) is 26.6 Å². The number of furan rings is 1. The number of benzene rings is 2. The number of carbonyl (C=O) groups excluding carboxylic acids is 2. The maximum atomic E-state index is 13.1.